The van der Waals surface area contributed by atoms with Gasteiger partial charge in [-0.15, -0.1) is 0 Å². The number of benzene rings is 1. The normalized spacial score (nSPS) is 12.2. The van der Waals surface area contributed by atoms with Crippen LogP contribution in [-0.2, 0) is 11.3 Å². The molecule has 0 fully saturated rings. The third kappa shape index (κ3) is 3.97. The predicted molar refractivity (Wildman–Crippen MR) is 106 cm³/mol. The number of hydrogen-bond donors (Lipinski definition) is 3. The first-order valence-electron chi connectivity index (χ1n) is 8.52. The summed E-state index contributed by atoms with van der Waals surface area (Å²) in [7, 11) is 0. The molecule has 1 atom stereocenters. The first kappa shape index (κ1) is 19.0. The van der Waals surface area contributed by atoms with Gasteiger partial charge in [0.15, 0.2) is 0 Å². The van der Waals surface area contributed by atoms with Gasteiger partial charge in [-0.1, -0.05) is 12.1 Å². The van der Waals surface area contributed by atoms with Gasteiger partial charge >= 0.3 is 5.69 Å². The SMILES string of the molecule is CSCC[C@@H](C(=O)NCc1cn[nH]c1C)n1c(=O)[nH]c2ccccc2c1=O. The van der Waals surface area contributed by atoms with Gasteiger partial charge < -0.3 is 10.3 Å². The summed E-state index contributed by atoms with van der Waals surface area (Å²) in [6.45, 7) is 2.13. The minimum atomic E-state index is -0.884. The van der Waals surface area contributed by atoms with E-state index in [4.69, 9.17) is 0 Å². The van der Waals surface area contributed by atoms with E-state index in [9.17, 15) is 14.4 Å². The first-order valence-corrected chi connectivity index (χ1v) is 9.91. The highest BCUT2D eigenvalue weighted by Crippen LogP contribution is 2.14. The number of thioether (sulfide) groups is 1. The number of aromatic amines is 2. The fourth-order valence-corrected chi connectivity index (χ4v) is 3.38. The molecule has 0 saturated heterocycles. The quantitative estimate of drug-likeness (QED) is 0.566. The Morgan fingerprint density at radius 3 is 2.81 bits per heavy atom. The highest BCUT2D eigenvalue weighted by molar-refractivity contribution is 7.98. The molecule has 0 unspecified atom stereocenters. The summed E-state index contributed by atoms with van der Waals surface area (Å²) in [5.41, 5.74) is 1.12. The average molecular weight is 387 g/mol. The van der Waals surface area contributed by atoms with Crippen molar-refractivity contribution >= 4 is 28.6 Å². The van der Waals surface area contributed by atoms with Crippen LogP contribution < -0.4 is 16.6 Å². The lowest BCUT2D eigenvalue weighted by Crippen LogP contribution is -2.44. The van der Waals surface area contributed by atoms with E-state index in [0.29, 0.717) is 23.1 Å². The number of amides is 1. The van der Waals surface area contributed by atoms with Gasteiger partial charge in [0.05, 0.1) is 17.1 Å². The number of para-hydroxylation sites is 1. The molecule has 0 aliphatic heterocycles. The van der Waals surface area contributed by atoms with Gasteiger partial charge in [-0.05, 0) is 37.5 Å². The second-order valence-corrected chi connectivity index (χ2v) is 7.17. The molecule has 1 aromatic carbocycles. The number of hydrogen-bond acceptors (Lipinski definition) is 5. The van der Waals surface area contributed by atoms with Crippen molar-refractivity contribution in [3.05, 3.63) is 62.6 Å². The van der Waals surface area contributed by atoms with Crippen LogP contribution in [0.2, 0.25) is 0 Å². The van der Waals surface area contributed by atoms with Gasteiger partial charge in [0.1, 0.15) is 6.04 Å². The summed E-state index contributed by atoms with van der Waals surface area (Å²) in [4.78, 5) is 41.0. The van der Waals surface area contributed by atoms with Gasteiger partial charge in [0, 0.05) is 17.8 Å². The topological polar surface area (TPSA) is 113 Å². The van der Waals surface area contributed by atoms with Crippen LogP contribution in [0, 0.1) is 6.92 Å². The lowest BCUT2D eigenvalue weighted by molar-refractivity contribution is -0.124. The molecule has 142 valence electrons. The Kier molecular flexibility index (Phi) is 5.80. The van der Waals surface area contributed by atoms with E-state index in [-0.39, 0.29) is 12.5 Å². The number of H-pyrrole nitrogens is 2. The molecule has 0 spiro atoms. The van der Waals surface area contributed by atoms with E-state index in [2.05, 4.69) is 20.5 Å². The molecule has 8 nitrogen and oxygen atoms in total. The molecule has 0 aliphatic rings. The van der Waals surface area contributed by atoms with Gasteiger partial charge in [0.2, 0.25) is 5.91 Å². The summed E-state index contributed by atoms with van der Waals surface area (Å²) in [5.74, 6) is 0.272. The van der Waals surface area contributed by atoms with Crippen LogP contribution >= 0.6 is 11.8 Å². The number of rotatable bonds is 7. The minimum Gasteiger partial charge on any atom is -0.350 e. The van der Waals surface area contributed by atoms with Crippen LogP contribution in [0.1, 0.15) is 23.7 Å². The lowest BCUT2D eigenvalue weighted by Gasteiger charge is -2.18. The van der Waals surface area contributed by atoms with E-state index in [1.165, 1.54) is 0 Å². The summed E-state index contributed by atoms with van der Waals surface area (Å²) in [6, 6.07) is 5.90. The zero-order chi connectivity index (χ0) is 19.4. The molecule has 27 heavy (non-hydrogen) atoms. The fourth-order valence-electron chi connectivity index (χ4n) is 2.92. The Bertz CT molecular complexity index is 1070. The molecule has 0 aliphatic carbocycles. The van der Waals surface area contributed by atoms with E-state index < -0.39 is 17.3 Å². The second kappa shape index (κ2) is 8.26. The smallest absolute Gasteiger partial charge is 0.329 e. The Balaban J connectivity index is 1.96. The molecule has 0 saturated carbocycles. The maximum Gasteiger partial charge on any atom is 0.329 e. The molecular formula is C18H21N5O3S. The minimum absolute atomic E-state index is 0.275. The highest BCUT2D eigenvalue weighted by Gasteiger charge is 2.24. The number of nitrogens with one attached hydrogen (secondary N) is 3. The van der Waals surface area contributed by atoms with Crippen molar-refractivity contribution in [3.63, 3.8) is 0 Å². The third-order valence-electron chi connectivity index (χ3n) is 4.43. The molecular weight excluding hydrogens is 366 g/mol. The third-order valence-corrected chi connectivity index (χ3v) is 5.08. The maximum absolute atomic E-state index is 12.9. The summed E-state index contributed by atoms with van der Waals surface area (Å²) in [5, 5.41) is 9.93. The zero-order valence-corrected chi connectivity index (χ0v) is 15.9. The molecule has 0 bridgehead atoms. The summed E-state index contributed by atoms with van der Waals surface area (Å²) < 4.78 is 1.02. The molecule has 2 aromatic heterocycles. The number of aryl methyl sites for hydroxylation is 1. The fraction of sp³-hybridized carbons (Fsp3) is 0.333. The van der Waals surface area contributed by atoms with Crippen molar-refractivity contribution in [2.24, 2.45) is 0 Å². The molecule has 0 radical (unpaired) electrons. The van der Waals surface area contributed by atoms with Crippen LogP contribution in [0.15, 0.2) is 40.1 Å². The van der Waals surface area contributed by atoms with E-state index in [1.54, 1.807) is 42.2 Å². The van der Waals surface area contributed by atoms with Gasteiger partial charge in [-0.3, -0.25) is 14.7 Å². The number of carbonyl (C=O) groups excluding carboxylic acids is 1. The summed E-state index contributed by atoms with van der Waals surface area (Å²) >= 11 is 1.55. The average Bonchev–Trinajstić information content (AvgIpc) is 3.07. The van der Waals surface area contributed by atoms with Gasteiger partial charge in [-0.25, -0.2) is 9.36 Å². The molecule has 9 heteroatoms. The van der Waals surface area contributed by atoms with Gasteiger partial charge in [-0.2, -0.15) is 16.9 Å². The first-order chi connectivity index (χ1) is 13.0. The Morgan fingerprint density at radius 2 is 2.11 bits per heavy atom. The van der Waals surface area contributed by atoms with Crippen molar-refractivity contribution in [1.82, 2.24) is 25.1 Å². The predicted octanol–water partition coefficient (Wildman–Crippen LogP) is 1.33. The van der Waals surface area contributed by atoms with Crippen molar-refractivity contribution in [3.8, 4) is 0 Å². The number of carbonyl (C=O) groups is 1. The molecule has 1 amide bonds. The van der Waals surface area contributed by atoms with E-state index in [0.717, 1.165) is 15.8 Å². The molecule has 3 rings (SSSR count). The number of fused-ring (bicyclic) bond motifs is 1. The van der Waals surface area contributed by atoms with Crippen molar-refractivity contribution in [1.29, 1.82) is 0 Å². The second-order valence-electron chi connectivity index (χ2n) is 6.19. The zero-order valence-electron chi connectivity index (χ0n) is 15.1. The molecule has 2 heterocycles. The number of aromatic nitrogens is 4. The van der Waals surface area contributed by atoms with Crippen LogP contribution in [-0.4, -0.2) is 37.7 Å². The largest absolute Gasteiger partial charge is 0.350 e. The summed E-state index contributed by atoms with van der Waals surface area (Å²) in [6.07, 6.45) is 3.93. The van der Waals surface area contributed by atoms with E-state index >= 15 is 0 Å². The van der Waals surface area contributed by atoms with Crippen molar-refractivity contribution in [2.45, 2.75) is 25.9 Å². The lowest BCUT2D eigenvalue weighted by atomic mass is 10.1. The van der Waals surface area contributed by atoms with Crippen LogP contribution in [0.5, 0.6) is 0 Å². The van der Waals surface area contributed by atoms with Crippen LogP contribution in [0.3, 0.4) is 0 Å². The van der Waals surface area contributed by atoms with Crippen LogP contribution in [0.25, 0.3) is 10.9 Å². The monoisotopic (exact) mass is 387 g/mol. The van der Waals surface area contributed by atoms with Crippen molar-refractivity contribution < 1.29 is 4.79 Å². The van der Waals surface area contributed by atoms with Crippen molar-refractivity contribution in [2.75, 3.05) is 12.0 Å². The van der Waals surface area contributed by atoms with Gasteiger partial charge in [0.25, 0.3) is 5.56 Å². The van der Waals surface area contributed by atoms with E-state index in [1.807, 2.05) is 13.2 Å². The Morgan fingerprint density at radius 1 is 1.33 bits per heavy atom. The number of nitrogens with zero attached hydrogens (tertiary/aromatic N) is 2. The Hall–Kier alpha value is -2.81. The van der Waals surface area contributed by atoms with Crippen LogP contribution in [0.4, 0.5) is 0 Å². The molecule has 3 aromatic rings. The highest BCUT2D eigenvalue weighted by atomic mass is 32.2. The Labute approximate surface area is 159 Å². The molecule has 3 N–H and O–H groups in total. The standard InChI is InChI=1S/C18H21N5O3S/c1-11-12(10-20-22-11)9-19-16(24)15(7-8-27-2)23-17(25)13-5-3-4-6-14(13)21-18(23)26/h3-6,10,15H,7-9H2,1-2H3,(H,19,24)(H,20,22)(H,21,26)/t15-/m0/s1. The maximum atomic E-state index is 12.9.